The van der Waals surface area contributed by atoms with Crippen LogP contribution in [0.1, 0.15) is 32.6 Å². The molecule has 0 aliphatic rings. The van der Waals surface area contributed by atoms with Crippen molar-refractivity contribution in [2.75, 3.05) is 26.3 Å². The molecule has 0 aromatic carbocycles. The van der Waals surface area contributed by atoms with Crippen molar-refractivity contribution in [1.29, 1.82) is 0 Å². The van der Waals surface area contributed by atoms with Crippen molar-refractivity contribution >= 4 is 47.4 Å². The van der Waals surface area contributed by atoms with Crippen LogP contribution in [0.25, 0.3) is 0 Å². The number of carboxylic acids is 2. The van der Waals surface area contributed by atoms with Crippen LogP contribution < -0.4 is 43.8 Å². The van der Waals surface area contributed by atoms with Crippen molar-refractivity contribution in [3.05, 3.63) is 0 Å². The molecule has 42 heavy (non-hydrogen) atoms. The summed E-state index contributed by atoms with van der Waals surface area (Å²) in [5.74, 6) is -7.76. The Hall–Kier alpha value is -4.56. The van der Waals surface area contributed by atoms with Gasteiger partial charge in [-0.1, -0.05) is 0 Å². The molecule has 20 nitrogen and oxygen atoms in total. The molecule has 0 saturated carbocycles. The van der Waals surface area contributed by atoms with Crippen molar-refractivity contribution in [1.82, 2.24) is 26.6 Å². The second kappa shape index (κ2) is 19.5. The number of hydrogen-bond acceptors (Lipinski definition) is 11. The molecule has 0 aromatic heterocycles. The zero-order chi connectivity index (χ0) is 32.4. The van der Waals surface area contributed by atoms with Crippen LogP contribution in [0.5, 0.6) is 0 Å². The van der Waals surface area contributed by atoms with E-state index in [2.05, 4.69) is 26.3 Å². The molecule has 238 valence electrons. The zero-order valence-corrected chi connectivity index (χ0v) is 22.9. The summed E-state index contributed by atoms with van der Waals surface area (Å²) < 4.78 is 0. The first-order valence-electron chi connectivity index (χ1n) is 12.6. The largest absolute Gasteiger partial charge is 0.481 e. The van der Waals surface area contributed by atoms with E-state index in [1.165, 1.54) is 6.92 Å². The van der Waals surface area contributed by atoms with Crippen LogP contribution in [0.4, 0.5) is 0 Å². The second-order valence-corrected chi connectivity index (χ2v) is 8.82. The fraction of sp³-hybridized carbons (Fsp3) is 0.636. The predicted molar refractivity (Wildman–Crippen MR) is 143 cm³/mol. The summed E-state index contributed by atoms with van der Waals surface area (Å²) in [6, 6.07) is -7.40. The third-order valence-corrected chi connectivity index (χ3v) is 5.43. The minimum atomic E-state index is -1.69. The van der Waals surface area contributed by atoms with Crippen molar-refractivity contribution < 1.29 is 54.0 Å². The minimum Gasteiger partial charge on any atom is -0.481 e. The number of rotatable bonds is 20. The molecular formula is C22H39N9O11. The van der Waals surface area contributed by atoms with Crippen LogP contribution in [0.2, 0.25) is 0 Å². The van der Waals surface area contributed by atoms with Crippen LogP contribution in [-0.4, -0.2) is 124 Å². The second-order valence-electron chi connectivity index (χ2n) is 8.82. The van der Waals surface area contributed by atoms with Gasteiger partial charge in [-0.15, -0.1) is 0 Å². The molecule has 0 rings (SSSR count). The van der Waals surface area contributed by atoms with E-state index in [0.29, 0.717) is 0 Å². The SMILES string of the molecule is C[C@H](NC(=O)[C@H](CO)NC(=O)CN)C(=O)N[C@@H](CCCN=C(N)N)C(=O)N[C@@H](CO)C(=O)N[C@@H](CCC(=O)O)C(=O)O. The van der Waals surface area contributed by atoms with E-state index in [0.717, 1.165) is 0 Å². The average molecular weight is 606 g/mol. The van der Waals surface area contributed by atoms with Gasteiger partial charge in [-0.25, -0.2) is 4.79 Å². The number of aliphatic hydroxyl groups is 2. The van der Waals surface area contributed by atoms with Crippen molar-refractivity contribution in [2.45, 2.75) is 62.8 Å². The molecule has 0 aliphatic heterocycles. The highest BCUT2D eigenvalue weighted by molar-refractivity contribution is 5.96. The van der Waals surface area contributed by atoms with E-state index in [1.807, 2.05) is 5.32 Å². The van der Waals surface area contributed by atoms with Gasteiger partial charge < -0.3 is 64.2 Å². The molecule has 0 unspecified atom stereocenters. The fourth-order valence-electron chi connectivity index (χ4n) is 3.16. The standard InChI is InChI=1S/C22H39N9O11/c1-10(27-19(39)13(8-32)28-15(34)7-23)17(37)29-11(3-2-6-26-22(24)25)18(38)31-14(9-33)20(40)30-12(21(41)42)4-5-16(35)36/h10-14,32-33H,2-9,23H2,1H3,(H,27,39)(H,28,34)(H,29,37)(H,30,40)(H,31,38)(H,35,36)(H,41,42)(H4,24,25,26)/t10-,11-,12-,13-,14-/m0/s1. The van der Waals surface area contributed by atoms with Gasteiger partial charge in [0.05, 0.1) is 19.8 Å². The molecule has 0 spiro atoms. The first-order chi connectivity index (χ1) is 19.7. The van der Waals surface area contributed by atoms with Crippen LogP contribution in [0, 0.1) is 0 Å². The molecule has 0 aliphatic carbocycles. The lowest BCUT2D eigenvalue weighted by molar-refractivity contribution is -0.143. The summed E-state index contributed by atoms with van der Waals surface area (Å²) in [4.78, 5) is 88.0. The monoisotopic (exact) mass is 605 g/mol. The summed E-state index contributed by atoms with van der Waals surface area (Å²) in [5.41, 5.74) is 15.7. The predicted octanol–water partition coefficient (Wildman–Crippen LogP) is -6.62. The van der Waals surface area contributed by atoms with Crippen molar-refractivity contribution in [2.24, 2.45) is 22.2 Å². The summed E-state index contributed by atoms with van der Waals surface area (Å²) >= 11 is 0. The maximum Gasteiger partial charge on any atom is 0.326 e. The number of aliphatic imine (C=N–C) groups is 1. The highest BCUT2D eigenvalue weighted by atomic mass is 16.4. The van der Waals surface area contributed by atoms with Crippen molar-refractivity contribution in [3.63, 3.8) is 0 Å². The molecule has 5 amide bonds. The Bertz CT molecular complexity index is 1000. The molecule has 0 radical (unpaired) electrons. The number of amides is 5. The third kappa shape index (κ3) is 14.7. The highest BCUT2D eigenvalue weighted by Crippen LogP contribution is 2.03. The lowest BCUT2D eigenvalue weighted by atomic mass is 10.1. The fourth-order valence-corrected chi connectivity index (χ4v) is 3.16. The molecular weight excluding hydrogens is 566 g/mol. The topological polar surface area (TPSA) is 351 Å². The number of nitrogens with one attached hydrogen (secondary N) is 5. The smallest absolute Gasteiger partial charge is 0.326 e. The highest BCUT2D eigenvalue weighted by Gasteiger charge is 2.31. The minimum absolute atomic E-state index is 0.0427. The quantitative estimate of drug-likeness (QED) is 0.0349. The molecule has 0 bridgehead atoms. The summed E-state index contributed by atoms with van der Waals surface area (Å²) in [6.45, 7) is -0.954. The summed E-state index contributed by atoms with van der Waals surface area (Å²) in [5, 5.41) is 48.0. The van der Waals surface area contributed by atoms with E-state index < -0.39 is 104 Å². The number of aliphatic carboxylic acids is 2. The Morgan fingerprint density at radius 1 is 0.714 bits per heavy atom. The van der Waals surface area contributed by atoms with Gasteiger partial charge in [0.15, 0.2) is 5.96 Å². The number of nitrogens with zero attached hydrogens (tertiary/aromatic N) is 1. The van der Waals surface area contributed by atoms with Crippen LogP contribution >= 0.6 is 0 Å². The average Bonchev–Trinajstić information content (AvgIpc) is 2.92. The van der Waals surface area contributed by atoms with E-state index in [4.69, 9.17) is 22.3 Å². The summed E-state index contributed by atoms with van der Waals surface area (Å²) in [6.07, 6.45) is -1.01. The summed E-state index contributed by atoms with van der Waals surface area (Å²) in [7, 11) is 0. The number of carbonyl (C=O) groups is 7. The van der Waals surface area contributed by atoms with Gasteiger partial charge >= 0.3 is 11.9 Å². The number of hydrogen-bond donors (Lipinski definition) is 12. The molecule has 0 fully saturated rings. The van der Waals surface area contributed by atoms with E-state index in [1.54, 1.807) is 0 Å². The Morgan fingerprint density at radius 3 is 1.71 bits per heavy atom. The Labute approximate surface area is 239 Å². The van der Waals surface area contributed by atoms with Gasteiger partial charge in [-0.3, -0.25) is 33.8 Å². The maximum atomic E-state index is 13.0. The van der Waals surface area contributed by atoms with Crippen LogP contribution in [0.15, 0.2) is 4.99 Å². The van der Waals surface area contributed by atoms with Crippen LogP contribution in [-0.2, 0) is 33.6 Å². The van der Waals surface area contributed by atoms with Gasteiger partial charge in [-0.2, -0.15) is 0 Å². The number of aliphatic hydroxyl groups excluding tert-OH is 2. The number of carbonyl (C=O) groups excluding carboxylic acids is 5. The van der Waals surface area contributed by atoms with Gasteiger partial charge in [0.25, 0.3) is 0 Å². The lowest BCUT2D eigenvalue weighted by Gasteiger charge is -2.25. The Morgan fingerprint density at radius 2 is 1.21 bits per heavy atom. The Balaban J connectivity index is 5.57. The van der Waals surface area contributed by atoms with E-state index in [-0.39, 0.29) is 25.3 Å². The Kier molecular flexibility index (Phi) is 17.4. The molecule has 20 heteroatoms. The van der Waals surface area contributed by atoms with Gasteiger partial charge in [0.1, 0.15) is 30.2 Å². The maximum absolute atomic E-state index is 13.0. The van der Waals surface area contributed by atoms with Gasteiger partial charge in [-0.05, 0) is 26.2 Å². The van der Waals surface area contributed by atoms with Crippen LogP contribution in [0.3, 0.4) is 0 Å². The normalized spacial score (nSPS) is 14.1. The molecule has 0 saturated heterocycles. The molecule has 0 aromatic rings. The lowest BCUT2D eigenvalue weighted by Crippen LogP contribution is -2.59. The van der Waals surface area contributed by atoms with E-state index in [9.17, 15) is 48.9 Å². The first kappa shape index (κ1) is 37.4. The molecule has 5 atom stereocenters. The van der Waals surface area contributed by atoms with Crippen molar-refractivity contribution in [3.8, 4) is 0 Å². The van der Waals surface area contributed by atoms with Gasteiger partial charge in [0.2, 0.25) is 29.5 Å². The first-order valence-corrected chi connectivity index (χ1v) is 12.6. The third-order valence-electron chi connectivity index (χ3n) is 5.43. The zero-order valence-electron chi connectivity index (χ0n) is 22.9. The molecule has 15 N–H and O–H groups in total. The molecule has 0 heterocycles. The number of carboxylic acid groups (broad SMARTS) is 2. The van der Waals surface area contributed by atoms with Gasteiger partial charge in [0, 0.05) is 13.0 Å². The number of nitrogens with two attached hydrogens (primary N) is 3. The number of guanidine groups is 1. The van der Waals surface area contributed by atoms with E-state index >= 15 is 0 Å².